The third-order valence-electron chi connectivity index (χ3n) is 2.68. The Labute approximate surface area is 99.0 Å². The molecule has 0 aromatic heterocycles. The van der Waals surface area contributed by atoms with Gasteiger partial charge in [-0.1, -0.05) is 31.5 Å². The summed E-state index contributed by atoms with van der Waals surface area (Å²) in [6.07, 6.45) is 0.132. The highest BCUT2D eigenvalue weighted by atomic mass is 35.5. The first kappa shape index (κ1) is 12.9. The van der Waals surface area contributed by atoms with Gasteiger partial charge in [0.05, 0.1) is 16.0 Å². The highest BCUT2D eigenvalue weighted by molar-refractivity contribution is 6.31. The standard InChI is InChI=1S/C11H14ClNO3/c1-3-11(14)7(2)9-5-4-8(13(15)16)6-10(9)12/h4-7,11,14H,3H2,1-2H3. The van der Waals surface area contributed by atoms with E-state index in [1.165, 1.54) is 12.1 Å². The number of non-ortho nitro benzene ring substituents is 1. The molecule has 4 nitrogen and oxygen atoms in total. The molecule has 0 saturated heterocycles. The molecule has 0 radical (unpaired) electrons. The van der Waals surface area contributed by atoms with Gasteiger partial charge in [0.25, 0.3) is 5.69 Å². The molecule has 1 aromatic carbocycles. The van der Waals surface area contributed by atoms with Crippen LogP contribution >= 0.6 is 11.6 Å². The van der Waals surface area contributed by atoms with Gasteiger partial charge in [0, 0.05) is 18.1 Å². The fourth-order valence-electron chi connectivity index (χ4n) is 1.56. The second-order valence-corrected chi connectivity index (χ2v) is 4.13. The lowest BCUT2D eigenvalue weighted by molar-refractivity contribution is -0.384. The Kier molecular flexibility index (Phi) is 4.26. The zero-order chi connectivity index (χ0) is 12.3. The minimum atomic E-state index is -0.490. The summed E-state index contributed by atoms with van der Waals surface area (Å²) in [5, 5.41) is 20.5. The van der Waals surface area contributed by atoms with Crippen molar-refractivity contribution in [3.8, 4) is 0 Å². The van der Waals surface area contributed by atoms with Crippen LogP contribution in [-0.2, 0) is 0 Å². The molecule has 0 bridgehead atoms. The number of nitro groups is 1. The summed E-state index contributed by atoms with van der Waals surface area (Å²) < 4.78 is 0. The van der Waals surface area contributed by atoms with Crippen molar-refractivity contribution in [2.45, 2.75) is 32.3 Å². The molecule has 0 fully saturated rings. The molecule has 2 atom stereocenters. The Bertz CT molecular complexity index is 395. The molecule has 0 saturated carbocycles. The third-order valence-corrected chi connectivity index (χ3v) is 3.01. The van der Waals surface area contributed by atoms with Crippen molar-refractivity contribution in [3.05, 3.63) is 38.9 Å². The van der Waals surface area contributed by atoms with E-state index in [0.29, 0.717) is 11.4 Å². The Hall–Kier alpha value is -1.13. The van der Waals surface area contributed by atoms with Crippen LogP contribution in [0.2, 0.25) is 5.02 Å². The number of aliphatic hydroxyl groups is 1. The number of nitro benzene ring substituents is 1. The highest BCUT2D eigenvalue weighted by Crippen LogP contribution is 2.30. The number of halogens is 1. The van der Waals surface area contributed by atoms with Gasteiger partial charge >= 0.3 is 0 Å². The highest BCUT2D eigenvalue weighted by Gasteiger charge is 2.19. The Balaban J connectivity index is 3.03. The van der Waals surface area contributed by atoms with Gasteiger partial charge in [-0.2, -0.15) is 0 Å². The predicted molar refractivity (Wildman–Crippen MR) is 62.8 cm³/mol. The molecule has 0 aliphatic rings. The monoisotopic (exact) mass is 243 g/mol. The lowest BCUT2D eigenvalue weighted by atomic mass is 9.94. The summed E-state index contributed by atoms with van der Waals surface area (Å²) >= 11 is 5.95. The SMILES string of the molecule is CCC(O)C(C)c1ccc([N+](=O)[O-])cc1Cl. The van der Waals surface area contributed by atoms with Gasteiger partial charge in [0.15, 0.2) is 0 Å². The van der Waals surface area contributed by atoms with Crippen LogP contribution in [0, 0.1) is 10.1 Å². The molecule has 0 aliphatic heterocycles. The molecule has 0 spiro atoms. The average molecular weight is 244 g/mol. The minimum absolute atomic E-state index is 0.0352. The van der Waals surface area contributed by atoms with Gasteiger partial charge in [-0.3, -0.25) is 10.1 Å². The molecule has 88 valence electrons. The number of hydrogen-bond donors (Lipinski definition) is 1. The normalized spacial score (nSPS) is 14.5. The summed E-state index contributed by atoms with van der Waals surface area (Å²) in [6, 6.07) is 4.32. The molecule has 0 aliphatic carbocycles. The van der Waals surface area contributed by atoms with E-state index in [9.17, 15) is 15.2 Å². The van der Waals surface area contributed by atoms with Crippen molar-refractivity contribution in [2.24, 2.45) is 0 Å². The van der Waals surface area contributed by atoms with Crippen LogP contribution < -0.4 is 0 Å². The topological polar surface area (TPSA) is 63.4 Å². The smallest absolute Gasteiger partial charge is 0.270 e. The average Bonchev–Trinajstić information content (AvgIpc) is 2.26. The quantitative estimate of drug-likeness (QED) is 0.653. The second-order valence-electron chi connectivity index (χ2n) is 3.73. The lowest BCUT2D eigenvalue weighted by Gasteiger charge is -2.18. The molecule has 1 N–H and O–H groups in total. The number of nitrogens with zero attached hydrogens (tertiary/aromatic N) is 1. The Morgan fingerprint density at radius 2 is 2.19 bits per heavy atom. The Morgan fingerprint density at radius 1 is 1.56 bits per heavy atom. The summed E-state index contributed by atoms with van der Waals surface area (Å²) in [7, 11) is 0. The van der Waals surface area contributed by atoms with Crippen LogP contribution in [0.1, 0.15) is 31.7 Å². The van der Waals surface area contributed by atoms with E-state index in [-0.39, 0.29) is 11.6 Å². The second kappa shape index (κ2) is 5.27. The fraction of sp³-hybridized carbons (Fsp3) is 0.455. The maximum atomic E-state index is 10.5. The third kappa shape index (κ3) is 2.71. The van der Waals surface area contributed by atoms with Crippen molar-refractivity contribution in [2.75, 3.05) is 0 Å². The van der Waals surface area contributed by atoms with Crippen molar-refractivity contribution in [1.29, 1.82) is 0 Å². The van der Waals surface area contributed by atoms with Crippen molar-refractivity contribution >= 4 is 17.3 Å². The van der Waals surface area contributed by atoms with E-state index < -0.39 is 11.0 Å². The molecular formula is C11H14ClNO3. The number of aliphatic hydroxyl groups excluding tert-OH is 1. The van der Waals surface area contributed by atoms with Gasteiger partial charge in [-0.25, -0.2) is 0 Å². The summed E-state index contributed by atoms with van der Waals surface area (Å²) in [6.45, 7) is 3.72. The number of benzene rings is 1. The van der Waals surface area contributed by atoms with Crippen molar-refractivity contribution < 1.29 is 10.0 Å². The van der Waals surface area contributed by atoms with E-state index in [1.54, 1.807) is 6.07 Å². The van der Waals surface area contributed by atoms with Crippen LogP contribution in [0.4, 0.5) is 5.69 Å². The van der Waals surface area contributed by atoms with Crippen molar-refractivity contribution in [1.82, 2.24) is 0 Å². The van der Waals surface area contributed by atoms with E-state index in [4.69, 9.17) is 11.6 Å². The van der Waals surface area contributed by atoms with Crippen LogP contribution in [0.25, 0.3) is 0 Å². The summed E-state index contributed by atoms with van der Waals surface area (Å²) in [5.74, 6) is -0.127. The van der Waals surface area contributed by atoms with E-state index in [0.717, 1.165) is 5.56 Å². The first-order valence-electron chi connectivity index (χ1n) is 5.09. The first-order valence-corrected chi connectivity index (χ1v) is 5.47. The maximum absolute atomic E-state index is 10.5. The largest absolute Gasteiger partial charge is 0.393 e. The lowest BCUT2D eigenvalue weighted by Crippen LogP contribution is -2.14. The fourth-order valence-corrected chi connectivity index (χ4v) is 1.91. The van der Waals surface area contributed by atoms with E-state index in [2.05, 4.69) is 0 Å². The molecule has 1 aromatic rings. The van der Waals surface area contributed by atoms with Gasteiger partial charge in [0.1, 0.15) is 0 Å². The molecular weight excluding hydrogens is 230 g/mol. The van der Waals surface area contributed by atoms with Gasteiger partial charge in [-0.05, 0) is 12.0 Å². The van der Waals surface area contributed by atoms with Gasteiger partial charge in [0.2, 0.25) is 0 Å². The number of rotatable bonds is 4. The Morgan fingerprint density at radius 3 is 2.62 bits per heavy atom. The van der Waals surface area contributed by atoms with Crippen molar-refractivity contribution in [3.63, 3.8) is 0 Å². The predicted octanol–water partition coefficient (Wildman–Crippen LogP) is 3.12. The molecule has 16 heavy (non-hydrogen) atoms. The van der Waals surface area contributed by atoms with Crippen LogP contribution in [-0.4, -0.2) is 16.1 Å². The zero-order valence-electron chi connectivity index (χ0n) is 9.18. The summed E-state index contributed by atoms with van der Waals surface area (Å²) in [4.78, 5) is 10.0. The van der Waals surface area contributed by atoms with Crippen LogP contribution in [0.15, 0.2) is 18.2 Å². The first-order chi connectivity index (χ1) is 7.47. The van der Waals surface area contributed by atoms with E-state index in [1.807, 2.05) is 13.8 Å². The molecule has 5 heteroatoms. The maximum Gasteiger partial charge on any atom is 0.270 e. The van der Waals surface area contributed by atoms with Crippen LogP contribution in [0.5, 0.6) is 0 Å². The molecule has 2 unspecified atom stereocenters. The number of hydrogen-bond acceptors (Lipinski definition) is 3. The van der Waals surface area contributed by atoms with Gasteiger partial charge < -0.3 is 5.11 Å². The van der Waals surface area contributed by atoms with Crippen LogP contribution in [0.3, 0.4) is 0 Å². The minimum Gasteiger partial charge on any atom is -0.393 e. The van der Waals surface area contributed by atoms with Gasteiger partial charge in [-0.15, -0.1) is 0 Å². The van der Waals surface area contributed by atoms with E-state index >= 15 is 0 Å². The summed E-state index contributed by atoms with van der Waals surface area (Å²) in [5.41, 5.74) is 0.702. The zero-order valence-corrected chi connectivity index (χ0v) is 9.94. The molecule has 0 amide bonds. The molecule has 0 heterocycles. The molecule has 1 rings (SSSR count).